The third kappa shape index (κ3) is 3.28. The highest BCUT2D eigenvalue weighted by Gasteiger charge is 2.41. The van der Waals surface area contributed by atoms with E-state index in [1.54, 1.807) is 16.8 Å². The molecule has 5 rings (SSSR count). The Bertz CT molecular complexity index is 719. The van der Waals surface area contributed by atoms with Crippen molar-refractivity contribution in [2.75, 3.05) is 31.1 Å². The normalized spacial score (nSPS) is 23.9. The molecule has 0 aromatic heterocycles. The van der Waals surface area contributed by atoms with Gasteiger partial charge in [0, 0.05) is 44.3 Å². The van der Waals surface area contributed by atoms with Crippen LogP contribution >= 0.6 is 24.8 Å². The van der Waals surface area contributed by atoms with Gasteiger partial charge in [-0.05, 0) is 35.4 Å². The van der Waals surface area contributed by atoms with Gasteiger partial charge in [-0.15, -0.1) is 24.8 Å². The van der Waals surface area contributed by atoms with Crippen molar-refractivity contribution in [3.05, 3.63) is 65.2 Å². The molecule has 25 heavy (non-hydrogen) atoms. The Morgan fingerprint density at radius 1 is 0.880 bits per heavy atom. The Morgan fingerprint density at radius 2 is 1.72 bits per heavy atom. The Hall–Kier alpha value is -1.22. The summed E-state index contributed by atoms with van der Waals surface area (Å²) in [7, 11) is 0. The van der Waals surface area contributed by atoms with Crippen LogP contribution in [0.5, 0.6) is 0 Å². The summed E-state index contributed by atoms with van der Waals surface area (Å²) in [5.74, 6) is 1.54. The SMILES string of the molecule is Cl.Cl.c1ccc(CN2C[C@H]3CN4CCCc5cccc(c54)[C@@H]3C2)cc1. The number of benzene rings is 2. The molecule has 0 bridgehead atoms. The molecule has 0 aliphatic carbocycles. The summed E-state index contributed by atoms with van der Waals surface area (Å²) in [6.07, 6.45) is 2.59. The Morgan fingerprint density at radius 3 is 2.56 bits per heavy atom. The van der Waals surface area contributed by atoms with Crippen molar-refractivity contribution in [1.82, 2.24) is 4.90 Å². The van der Waals surface area contributed by atoms with E-state index >= 15 is 0 Å². The van der Waals surface area contributed by atoms with Crippen molar-refractivity contribution in [1.29, 1.82) is 0 Å². The van der Waals surface area contributed by atoms with E-state index < -0.39 is 0 Å². The lowest BCUT2D eigenvalue weighted by atomic mass is 9.80. The Labute approximate surface area is 163 Å². The molecule has 0 unspecified atom stereocenters. The number of hydrogen-bond donors (Lipinski definition) is 0. The summed E-state index contributed by atoms with van der Waals surface area (Å²) < 4.78 is 0. The molecule has 2 nitrogen and oxygen atoms in total. The first kappa shape index (κ1) is 18.6. The third-order valence-electron chi connectivity index (χ3n) is 5.96. The van der Waals surface area contributed by atoms with E-state index in [-0.39, 0.29) is 24.8 Å². The zero-order valence-electron chi connectivity index (χ0n) is 14.4. The first-order chi connectivity index (χ1) is 11.4. The zero-order valence-corrected chi connectivity index (χ0v) is 16.1. The molecule has 3 heterocycles. The second-order valence-electron chi connectivity index (χ2n) is 7.45. The molecular formula is C21H26Cl2N2. The summed E-state index contributed by atoms with van der Waals surface area (Å²) in [5, 5.41) is 0. The van der Waals surface area contributed by atoms with Gasteiger partial charge in [0.15, 0.2) is 0 Å². The molecule has 0 saturated carbocycles. The molecule has 2 aromatic rings. The second-order valence-corrected chi connectivity index (χ2v) is 7.45. The van der Waals surface area contributed by atoms with Crippen molar-refractivity contribution in [3.63, 3.8) is 0 Å². The Balaban J connectivity index is 0.000000911. The van der Waals surface area contributed by atoms with Crippen LogP contribution in [0.4, 0.5) is 5.69 Å². The van der Waals surface area contributed by atoms with E-state index in [4.69, 9.17) is 0 Å². The first-order valence-electron chi connectivity index (χ1n) is 9.01. The van der Waals surface area contributed by atoms with Gasteiger partial charge >= 0.3 is 0 Å². The standard InChI is InChI=1S/C21H24N2.2ClH/c1-2-6-16(7-3-1)12-22-13-18-14-23-11-5-9-17-8-4-10-19(21(17)23)20(18)15-22;;/h1-4,6-8,10,18,20H,5,9,11-15H2;2*1H/t18-,20+;;/m0../s1. The van der Waals surface area contributed by atoms with Crippen molar-refractivity contribution in [3.8, 4) is 0 Å². The molecule has 1 fully saturated rings. The molecular weight excluding hydrogens is 351 g/mol. The van der Waals surface area contributed by atoms with Crippen LogP contribution in [0.3, 0.4) is 0 Å². The highest BCUT2D eigenvalue weighted by atomic mass is 35.5. The van der Waals surface area contributed by atoms with Crippen LogP contribution in [-0.4, -0.2) is 31.1 Å². The van der Waals surface area contributed by atoms with Crippen LogP contribution in [0, 0.1) is 5.92 Å². The smallest absolute Gasteiger partial charge is 0.0434 e. The van der Waals surface area contributed by atoms with Gasteiger partial charge in [-0.3, -0.25) is 4.90 Å². The van der Waals surface area contributed by atoms with E-state index in [1.807, 2.05) is 0 Å². The summed E-state index contributed by atoms with van der Waals surface area (Å²) in [5.41, 5.74) is 6.27. The van der Waals surface area contributed by atoms with E-state index in [1.165, 1.54) is 44.6 Å². The molecule has 0 spiro atoms. The number of hydrogen-bond acceptors (Lipinski definition) is 2. The predicted octanol–water partition coefficient (Wildman–Crippen LogP) is 4.51. The largest absolute Gasteiger partial charge is 0.371 e. The van der Waals surface area contributed by atoms with Crippen LogP contribution in [0.25, 0.3) is 0 Å². The lowest BCUT2D eigenvalue weighted by molar-refractivity contribution is 0.316. The predicted molar refractivity (Wildman–Crippen MR) is 109 cm³/mol. The van der Waals surface area contributed by atoms with Gasteiger partial charge in [0.1, 0.15) is 0 Å². The van der Waals surface area contributed by atoms with Gasteiger partial charge in [-0.2, -0.15) is 0 Å². The molecule has 4 heteroatoms. The maximum Gasteiger partial charge on any atom is 0.0434 e. The van der Waals surface area contributed by atoms with E-state index in [9.17, 15) is 0 Å². The van der Waals surface area contributed by atoms with Gasteiger partial charge in [-0.25, -0.2) is 0 Å². The van der Waals surface area contributed by atoms with Crippen LogP contribution in [0.2, 0.25) is 0 Å². The number of aryl methyl sites for hydroxylation is 1. The van der Waals surface area contributed by atoms with Gasteiger partial charge in [0.2, 0.25) is 0 Å². The summed E-state index contributed by atoms with van der Waals surface area (Å²) in [6.45, 7) is 6.10. The molecule has 1 saturated heterocycles. The average molecular weight is 377 g/mol. The highest BCUT2D eigenvalue weighted by molar-refractivity contribution is 5.85. The zero-order chi connectivity index (χ0) is 15.2. The number of rotatable bonds is 2. The van der Waals surface area contributed by atoms with E-state index in [2.05, 4.69) is 58.3 Å². The van der Waals surface area contributed by atoms with Crippen molar-refractivity contribution in [2.24, 2.45) is 5.92 Å². The molecule has 2 atom stereocenters. The number of likely N-dealkylation sites (tertiary alicyclic amines) is 1. The summed E-state index contributed by atoms with van der Waals surface area (Å²) in [4.78, 5) is 5.35. The van der Waals surface area contributed by atoms with Gasteiger partial charge in [0.25, 0.3) is 0 Å². The lowest BCUT2D eigenvalue weighted by Gasteiger charge is -2.41. The minimum Gasteiger partial charge on any atom is -0.371 e. The first-order valence-corrected chi connectivity index (χ1v) is 9.01. The second kappa shape index (κ2) is 7.57. The molecule has 134 valence electrons. The maximum atomic E-state index is 2.68. The van der Waals surface area contributed by atoms with Crippen molar-refractivity contribution >= 4 is 30.5 Å². The van der Waals surface area contributed by atoms with Crippen LogP contribution in [-0.2, 0) is 13.0 Å². The fourth-order valence-electron chi connectivity index (χ4n) is 5.00. The monoisotopic (exact) mass is 376 g/mol. The summed E-state index contributed by atoms with van der Waals surface area (Å²) >= 11 is 0. The van der Waals surface area contributed by atoms with Gasteiger partial charge in [0.05, 0.1) is 0 Å². The maximum absolute atomic E-state index is 2.68. The van der Waals surface area contributed by atoms with Gasteiger partial charge in [-0.1, -0.05) is 48.5 Å². The van der Waals surface area contributed by atoms with E-state index in [0.29, 0.717) is 0 Å². The van der Waals surface area contributed by atoms with Crippen LogP contribution in [0.15, 0.2) is 48.5 Å². The van der Waals surface area contributed by atoms with Crippen LogP contribution < -0.4 is 4.90 Å². The fraction of sp³-hybridized carbons (Fsp3) is 0.429. The molecule has 0 amide bonds. The molecule has 3 aliphatic heterocycles. The molecule has 0 N–H and O–H groups in total. The molecule has 0 radical (unpaired) electrons. The van der Waals surface area contributed by atoms with Gasteiger partial charge < -0.3 is 4.90 Å². The van der Waals surface area contributed by atoms with Crippen LogP contribution in [0.1, 0.15) is 29.0 Å². The number of fused-ring (bicyclic) bond motifs is 2. The minimum atomic E-state index is 0. The number of halogens is 2. The number of para-hydroxylation sites is 1. The fourth-order valence-corrected chi connectivity index (χ4v) is 5.00. The average Bonchev–Trinajstić information content (AvgIpc) is 2.99. The Kier molecular flexibility index (Phi) is 5.62. The summed E-state index contributed by atoms with van der Waals surface area (Å²) in [6, 6.07) is 18.0. The number of nitrogens with zero attached hydrogens (tertiary/aromatic N) is 2. The molecule has 2 aromatic carbocycles. The topological polar surface area (TPSA) is 6.48 Å². The number of anilines is 1. The highest BCUT2D eigenvalue weighted by Crippen LogP contribution is 2.46. The lowest BCUT2D eigenvalue weighted by Crippen LogP contribution is -2.40. The third-order valence-corrected chi connectivity index (χ3v) is 5.96. The minimum absolute atomic E-state index is 0. The van der Waals surface area contributed by atoms with E-state index in [0.717, 1.165) is 18.4 Å². The van der Waals surface area contributed by atoms with Crippen molar-refractivity contribution in [2.45, 2.75) is 25.3 Å². The quantitative estimate of drug-likeness (QED) is 0.760. The van der Waals surface area contributed by atoms with Crippen molar-refractivity contribution < 1.29 is 0 Å². The molecule has 3 aliphatic rings.